The maximum absolute atomic E-state index is 12.7. The first-order valence-electron chi connectivity index (χ1n) is 8.95. The van der Waals surface area contributed by atoms with Gasteiger partial charge < -0.3 is 10.3 Å². The molecule has 0 aliphatic heterocycles. The van der Waals surface area contributed by atoms with Crippen LogP contribution in [-0.2, 0) is 0 Å². The average Bonchev–Trinajstić information content (AvgIpc) is 3.07. The van der Waals surface area contributed by atoms with Crippen LogP contribution in [-0.4, -0.2) is 15.9 Å². The number of aromatic amines is 1. The summed E-state index contributed by atoms with van der Waals surface area (Å²) in [5.74, 6) is 0.690. The maximum atomic E-state index is 12.7. The topological polar surface area (TPSA) is 57.8 Å². The molecule has 0 atom stereocenters. The average molecular weight is 392 g/mol. The number of benzene rings is 3. The van der Waals surface area contributed by atoms with Crippen LogP contribution in [0.15, 0.2) is 60.7 Å². The lowest BCUT2D eigenvalue weighted by atomic mass is 10.1. The van der Waals surface area contributed by atoms with Gasteiger partial charge in [0.1, 0.15) is 5.82 Å². The van der Waals surface area contributed by atoms with E-state index in [2.05, 4.69) is 34.3 Å². The zero-order valence-corrected chi connectivity index (χ0v) is 16.9. The zero-order chi connectivity index (χ0) is 19.0. The molecule has 0 unspecified atom stereocenters. The minimum Gasteiger partial charge on any atom is -0.338 e. The fourth-order valence-electron chi connectivity index (χ4n) is 3.18. The van der Waals surface area contributed by atoms with Gasteiger partial charge in [0.25, 0.3) is 5.91 Å². The minimum atomic E-state index is -0.103. The van der Waals surface area contributed by atoms with Crippen molar-refractivity contribution in [3.05, 3.63) is 82.9 Å². The van der Waals surface area contributed by atoms with Gasteiger partial charge in [0.15, 0.2) is 0 Å². The lowest BCUT2D eigenvalue weighted by molar-refractivity contribution is 0.102. The predicted octanol–water partition coefficient (Wildman–Crippen LogP) is 5.83. The summed E-state index contributed by atoms with van der Waals surface area (Å²) in [5, 5.41) is 3.04. The highest BCUT2D eigenvalue weighted by Crippen LogP contribution is 2.26. The van der Waals surface area contributed by atoms with E-state index in [0.29, 0.717) is 5.56 Å². The van der Waals surface area contributed by atoms with Gasteiger partial charge in [-0.15, -0.1) is 12.4 Å². The predicted molar refractivity (Wildman–Crippen MR) is 117 cm³/mol. The number of imidazole rings is 1. The number of H-pyrrole nitrogens is 1. The molecule has 0 saturated carbocycles. The highest BCUT2D eigenvalue weighted by Gasteiger charge is 2.12. The van der Waals surface area contributed by atoms with Crippen LogP contribution in [0, 0.1) is 20.8 Å². The minimum absolute atomic E-state index is 0. The molecule has 0 saturated heterocycles. The van der Waals surface area contributed by atoms with E-state index >= 15 is 0 Å². The van der Waals surface area contributed by atoms with Crippen molar-refractivity contribution >= 4 is 35.0 Å². The lowest BCUT2D eigenvalue weighted by Gasteiger charge is -2.11. The van der Waals surface area contributed by atoms with E-state index in [1.54, 1.807) is 0 Å². The number of anilines is 1. The molecule has 28 heavy (non-hydrogen) atoms. The molecule has 1 aromatic heterocycles. The van der Waals surface area contributed by atoms with Crippen molar-refractivity contribution in [2.45, 2.75) is 20.8 Å². The summed E-state index contributed by atoms with van der Waals surface area (Å²) in [5.41, 5.74) is 7.50. The fourth-order valence-corrected chi connectivity index (χ4v) is 3.18. The molecule has 0 aliphatic rings. The number of nitrogens with one attached hydrogen (secondary N) is 2. The molecule has 5 heteroatoms. The number of halogens is 1. The highest BCUT2D eigenvalue weighted by molar-refractivity contribution is 6.05. The largest absolute Gasteiger partial charge is 0.338 e. The summed E-state index contributed by atoms with van der Waals surface area (Å²) in [6.45, 7) is 5.98. The van der Waals surface area contributed by atoms with Crippen LogP contribution < -0.4 is 5.32 Å². The van der Waals surface area contributed by atoms with Crippen molar-refractivity contribution < 1.29 is 4.79 Å². The smallest absolute Gasteiger partial charge is 0.255 e. The number of amides is 1. The monoisotopic (exact) mass is 391 g/mol. The molecule has 142 valence electrons. The van der Waals surface area contributed by atoms with Gasteiger partial charge in [-0.25, -0.2) is 4.98 Å². The first kappa shape index (κ1) is 19.6. The molecule has 0 radical (unpaired) electrons. The molecule has 3 aromatic carbocycles. The summed E-state index contributed by atoms with van der Waals surface area (Å²) in [4.78, 5) is 20.7. The van der Waals surface area contributed by atoms with Crippen molar-refractivity contribution in [1.82, 2.24) is 9.97 Å². The third-order valence-corrected chi connectivity index (χ3v) is 4.79. The van der Waals surface area contributed by atoms with E-state index in [4.69, 9.17) is 0 Å². The fraction of sp³-hybridized carbons (Fsp3) is 0.130. The van der Waals surface area contributed by atoms with Crippen LogP contribution in [0.2, 0.25) is 0 Å². The molecule has 2 N–H and O–H groups in total. The standard InChI is InChI=1S/C23H21N3O.ClH/c1-14-8-11-19-21(12-14)25-22(24-19)17-10-9-16(3)20(13-17)26-23(27)18-7-5-4-6-15(18)2;/h4-13H,1-3H3,(H,24,25)(H,26,27);1H. The normalized spacial score (nSPS) is 10.5. The van der Waals surface area contributed by atoms with Gasteiger partial charge in [0.2, 0.25) is 0 Å². The van der Waals surface area contributed by atoms with Crippen LogP contribution in [0.3, 0.4) is 0 Å². The van der Waals surface area contributed by atoms with Crippen LogP contribution in [0.5, 0.6) is 0 Å². The molecule has 1 heterocycles. The van der Waals surface area contributed by atoms with Crippen molar-refractivity contribution in [2.75, 3.05) is 5.32 Å². The number of aryl methyl sites for hydroxylation is 3. The van der Waals surface area contributed by atoms with Gasteiger partial charge in [0.05, 0.1) is 11.0 Å². The van der Waals surface area contributed by atoms with Gasteiger partial charge >= 0.3 is 0 Å². The number of fused-ring (bicyclic) bond motifs is 1. The summed E-state index contributed by atoms with van der Waals surface area (Å²) in [7, 11) is 0. The van der Waals surface area contributed by atoms with E-state index in [0.717, 1.165) is 39.2 Å². The number of hydrogen-bond acceptors (Lipinski definition) is 2. The van der Waals surface area contributed by atoms with Crippen LogP contribution in [0.1, 0.15) is 27.0 Å². The SMILES string of the molecule is Cc1ccc2nc(-c3ccc(C)c(NC(=O)c4ccccc4C)c3)[nH]c2c1.Cl. The Morgan fingerprint density at radius 1 is 0.929 bits per heavy atom. The Balaban J connectivity index is 0.00000225. The van der Waals surface area contributed by atoms with Crippen LogP contribution in [0.4, 0.5) is 5.69 Å². The quantitative estimate of drug-likeness (QED) is 0.461. The van der Waals surface area contributed by atoms with E-state index in [1.807, 2.05) is 62.4 Å². The molecule has 4 aromatic rings. The van der Waals surface area contributed by atoms with Crippen molar-refractivity contribution in [3.8, 4) is 11.4 Å². The zero-order valence-electron chi connectivity index (χ0n) is 16.0. The van der Waals surface area contributed by atoms with Gasteiger partial charge in [-0.05, 0) is 61.7 Å². The Morgan fingerprint density at radius 3 is 2.50 bits per heavy atom. The van der Waals surface area contributed by atoms with Crippen molar-refractivity contribution in [2.24, 2.45) is 0 Å². The third-order valence-electron chi connectivity index (χ3n) is 4.79. The number of aromatic nitrogens is 2. The molecular weight excluding hydrogens is 370 g/mol. The Bertz CT molecular complexity index is 1160. The van der Waals surface area contributed by atoms with E-state index in [-0.39, 0.29) is 18.3 Å². The number of hydrogen-bond donors (Lipinski definition) is 2. The molecular formula is C23H22ClN3O. The van der Waals surface area contributed by atoms with Crippen molar-refractivity contribution in [3.63, 3.8) is 0 Å². The van der Waals surface area contributed by atoms with Crippen LogP contribution >= 0.6 is 12.4 Å². The van der Waals surface area contributed by atoms with E-state index in [1.165, 1.54) is 5.56 Å². The first-order valence-corrected chi connectivity index (χ1v) is 8.95. The molecule has 4 rings (SSSR count). The second kappa shape index (κ2) is 7.87. The Hall–Kier alpha value is -3.11. The van der Waals surface area contributed by atoms with Gasteiger partial charge in [-0.2, -0.15) is 0 Å². The van der Waals surface area contributed by atoms with Crippen molar-refractivity contribution in [1.29, 1.82) is 0 Å². The molecule has 0 spiro atoms. The Kier molecular flexibility index (Phi) is 5.52. The van der Waals surface area contributed by atoms with Gasteiger partial charge in [-0.1, -0.05) is 36.4 Å². The summed E-state index contributed by atoms with van der Waals surface area (Å²) < 4.78 is 0. The van der Waals surface area contributed by atoms with Gasteiger partial charge in [0, 0.05) is 16.8 Å². The maximum Gasteiger partial charge on any atom is 0.255 e. The molecule has 0 fully saturated rings. The van der Waals surface area contributed by atoms with E-state index in [9.17, 15) is 4.79 Å². The molecule has 1 amide bonds. The number of nitrogens with zero attached hydrogens (tertiary/aromatic N) is 1. The van der Waals surface area contributed by atoms with E-state index < -0.39 is 0 Å². The van der Waals surface area contributed by atoms with Crippen LogP contribution in [0.25, 0.3) is 22.4 Å². The molecule has 0 aliphatic carbocycles. The lowest BCUT2D eigenvalue weighted by Crippen LogP contribution is -2.14. The number of carbonyl (C=O) groups is 1. The third kappa shape index (κ3) is 3.78. The second-order valence-corrected chi connectivity index (χ2v) is 6.90. The van der Waals surface area contributed by atoms with Gasteiger partial charge in [-0.3, -0.25) is 4.79 Å². The molecule has 4 nitrogen and oxygen atoms in total. The molecule has 0 bridgehead atoms. The summed E-state index contributed by atoms with van der Waals surface area (Å²) >= 11 is 0. The summed E-state index contributed by atoms with van der Waals surface area (Å²) in [6.07, 6.45) is 0. The first-order chi connectivity index (χ1) is 13.0. The Morgan fingerprint density at radius 2 is 1.71 bits per heavy atom. The number of carbonyl (C=O) groups excluding carboxylic acids is 1. The Labute approximate surface area is 170 Å². The second-order valence-electron chi connectivity index (χ2n) is 6.90. The highest BCUT2D eigenvalue weighted by atomic mass is 35.5. The summed E-state index contributed by atoms with van der Waals surface area (Å²) in [6, 6.07) is 19.7. The number of rotatable bonds is 3.